The number of carbonyl (C=O) groups is 1. The molecular weight excluding hydrogens is 480 g/mol. The van der Waals surface area contributed by atoms with Crippen LogP contribution in [-0.4, -0.2) is 21.0 Å². The molecule has 0 fully saturated rings. The molecule has 0 saturated carbocycles. The van der Waals surface area contributed by atoms with E-state index in [4.69, 9.17) is 10.5 Å². The predicted octanol–water partition coefficient (Wildman–Crippen LogP) is 6.02. The number of benzene rings is 2. The van der Waals surface area contributed by atoms with Gasteiger partial charge in [-0.2, -0.15) is 13.2 Å². The van der Waals surface area contributed by atoms with Crippen LogP contribution in [0.5, 0.6) is 11.8 Å². The number of urea groups is 1. The average Bonchev–Trinajstić information content (AvgIpc) is 2.83. The Morgan fingerprint density at radius 3 is 2.25 bits per heavy atom. The summed E-state index contributed by atoms with van der Waals surface area (Å²) in [6.07, 6.45) is -0.967. The number of ether oxygens (including phenoxy) is 1. The summed E-state index contributed by atoms with van der Waals surface area (Å²) >= 11 is 0. The maximum Gasteiger partial charge on any atom is 0.416 e. The fraction of sp³-hybridized carbons (Fsp3) is 0.0833. The van der Waals surface area contributed by atoms with Gasteiger partial charge in [0.1, 0.15) is 17.4 Å². The van der Waals surface area contributed by atoms with E-state index in [9.17, 15) is 22.4 Å². The topological polar surface area (TPSA) is 115 Å². The standard InChI is InChI=1S/C24H18F4N6O2/c1-13-2-5-16(9-20(13)24(26,27)28)33-22(35)34-17-11-31-23(32-12-17)36-18-6-3-14(4-7-18)19-8-15(25)10-30-21(19)29/h2-12H,1H3,(H2,29,30)(H2,33,34,35). The molecule has 0 aliphatic carbocycles. The smallest absolute Gasteiger partial charge is 0.416 e. The number of nitrogen functional groups attached to an aromatic ring is 1. The molecule has 12 heteroatoms. The van der Waals surface area contributed by atoms with Crippen LogP contribution in [0.1, 0.15) is 11.1 Å². The number of hydrogen-bond donors (Lipinski definition) is 3. The first kappa shape index (κ1) is 24.4. The number of hydrogen-bond acceptors (Lipinski definition) is 6. The van der Waals surface area contributed by atoms with E-state index in [1.54, 1.807) is 24.3 Å². The van der Waals surface area contributed by atoms with Gasteiger partial charge in [-0.3, -0.25) is 0 Å². The largest absolute Gasteiger partial charge is 0.424 e. The van der Waals surface area contributed by atoms with E-state index in [-0.39, 0.29) is 28.8 Å². The van der Waals surface area contributed by atoms with Gasteiger partial charge in [-0.1, -0.05) is 18.2 Å². The number of pyridine rings is 1. The summed E-state index contributed by atoms with van der Waals surface area (Å²) < 4.78 is 58.2. The lowest BCUT2D eigenvalue weighted by atomic mass is 10.1. The molecule has 4 aromatic rings. The Morgan fingerprint density at radius 2 is 1.58 bits per heavy atom. The molecular formula is C24H18F4N6O2. The quantitative estimate of drug-likeness (QED) is 0.290. The number of anilines is 3. The van der Waals surface area contributed by atoms with Crippen LogP contribution in [0.25, 0.3) is 11.1 Å². The fourth-order valence-electron chi connectivity index (χ4n) is 3.22. The van der Waals surface area contributed by atoms with Crippen LogP contribution >= 0.6 is 0 Å². The lowest BCUT2D eigenvalue weighted by Gasteiger charge is -2.13. The lowest BCUT2D eigenvalue weighted by Crippen LogP contribution is -2.20. The highest BCUT2D eigenvalue weighted by atomic mass is 19.4. The summed E-state index contributed by atoms with van der Waals surface area (Å²) in [4.78, 5) is 23.9. The Labute approximate surface area is 202 Å². The van der Waals surface area contributed by atoms with E-state index < -0.39 is 23.6 Å². The average molecular weight is 498 g/mol. The zero-order valence-electron chi connectivity index (χ0n) is 18.6. The van der Waals surface area contributed by atoms with E-state index >= 15 is 0 Å². The third kappa shape index (κ3) is 5.84. The van der Waals surface area contributed by atoms with Crippen molar-refractivity contribution in [3.63, 3.8) is 0 Å². The molecule has 0 bridgehead atoms. The van der Waals surface area contributed by atoms with Crippen LogP contribution in [0.3, 0.4) is 0 Å². The van der Waals surface area contributed by atoms with Crippen LogP contribution < -0.4 is 21.1 Å². The van der Waals surface area contributed by atoms with E-state index in [0.717, 1.165) is 12.3 Å². The van der Waals surface area contributed by atoms with E-state index in [1.165, 1.54) is 37.5 Å². The van der Waals surface area contributed by atoms with Crippen molar-refractivity contribution < 1.29 is 27.1 Å². The van der Waals surface area contributed by atoms with Crippen molar-refractivity contribution in [2.45, 2.75) is 13.1 Å². The van der Waals surface area contributed by atoms with Gasteiger partial charge in [0, 0.05) is 11.3 Å². The lowest BCUT2D eigenvalue weighted by molar-refractivity contribution is -0.138. The Balaban J connectivity index is 1.37. The van der Waals surface area contributed by atoms with Gasteiger partial charge in [-0.15, -0.1) is 0 Å². The molecule has 2 amide bonds. The molecule has 0 aliphatic rings. The van der Waals surface area contributed by atoms with Crippen LogP contribution in [0, 0.1) is 12.7 Å². The van der Waals surface area contributed by atoms with Crippen molar-refractivity contribution in [1.82, 2.24) is 15.0 Å². The maximum atomic E-state index is 13.5. The molecule has 0 aliphatic heterocycles. The minimum absolute atomic E-state index is 0.0194. The van der Waals surface area contributed by atoms with Crippen LogP contribution in [-0.2, 0) is 6.18 Å². The van der Waals surface area contributed by atoms with E-state index in [1.807, 2.05) is 0 Å². The molecule has 4 N–H and O–H groups in total. The monoisotopic (exact) mass is 498 g/mol. The number of halogens is 4. The third-order valence-electron chi connectivity index (χ3n) is 4.95. The fourth-order valence-corrected chi connectivity index (χ4v) is 3.22. The van der Waals surface area contributed by atoms with Gasteiger partial charge in [0.2, 0.25) is 0 Å². The van der Waals surface area contributed by atoms with Gasteiger partial charge in [-0.05, 0) is 48.4 Å². The normalized spacial score (nSPS) is 11.1. The number of nitrogens with one attached hydrogen (secondary N) is 2. The second-order valence-corrected chi connectivity index (χ2v) is 7.57. The Kier molecular flexibility index (Phi) is 6.68. The molecule has 2 aromatic carbocycles. The number of nitrogens with zero attached hydrogens (tertiary/aromatic N) is 3. The molecule has 0 spiro atoms. The van der Waals surface area contributed by atoms with Crippen LogP contribution in [0.15, 0.2) is 67.1 Å². The second kappa shape index (κ2) is 9.86. The number of aryl methyl sites for hydroxylation is 1. The van der Waals surface area contributed by atoms with Crippen molar-refractivity contribution in [2.24, 2.45) is 0 Å². The first-order valence-electron chi connectivity index (χ1n) is 10.4. The SMILES string of the molecule is Cc1ccc(NC(=O)Nc2cnc(Oc3ccc(-c4cc(F)cnc4N)cc3)nc2)cc1C(F)(F)F. The van der Waals surface area contributed by atoms with Gasteiger partial charge >= 0.3 is 18.2 Å². The van der Waals surface area contributed by atoms with Crippen LogP contribution in [0.4, 0.5) is 39.5 Å². The minimum atomic E-state index is -4.54. The summed E-state index contributed by atoms with van der Waals surface area (Å²) in [5.41, 5.74) is 6.24. The van der Waals surface area contributed by atoms with Gasteiger partial charge in [0.25, 0.3) is 0 Å². The van der Waals surface area contributed by atoms with Gasteiger partial charge in [0.15, 0.2) is 0 Å². The number of carbonyl (C=O) groups excluding carboxylic acids is 1. The zero-order chi connectivity index (χ0) is 25.9. The predicted molar refractivity (Wildman–Crippen MR) is 125 cm³/mol. The Hall–Kier alpha value is -4.74. The zero-order valence-corrected chi connectivity index (χ0v) is 18.6. The van der Waals surface area contributed by atoms with Crippen molar-refractivity contribution in [3.8, 4) is 22.9 Å². The summed E-state index contributed by atoms with van der Waals surface area (Å²) in [5.74, 6) is 0.0592. The number of nitrogens with two attached hydrogens (primary N) is 1. The van der Waals surface area contributed by atoms with E-state index in [0.29, 0.717) is 16.9 Å². The first-order valence-corrected chi connectivity index (χ1v) is 10.4. The molecule has 36 heavy (non-hydrogen) atoms. The maximum absolute atomic E-state index is 13.5. The highest BCUT2D eigenvalue weighted by molar-refractivity contribution is 5.99. The molecule has 184 valence electrons. The molecule has 2 heterocycles. The van der Waals surface area contributed by atoms with Crippen molar-refractivity contribution in [3.05, 3.63) is 84.1 Å². The van der Waals surface area contributed by atoms with Crippen molar-refractivity contribution in [1.29, 1.82) is 0 Å². The second-order valence-electron chi connectivity index (χ2n) is 7.57. The number of alkyl halides is 3. The molecule has 8 nitrogen and oxygen atoms in total. The van der Waals surface area contributed by atoms with Crippen molar-refractivity contribution in [2.75, 3.05) is 16.4 Å². The van der Waals surface area contributed by atoms with Gasteiger partial charge < -0.3 is 21.1 Å². The molecule has 0 atom stereocenters. The first-order chi connectivity index (χ1) is 17.1. The third-order valence-corrected chi connectivity index (χ3v) is 4.95. The Morgan fingerprint density at radius 1 is 0.917 bits per heavy atom. The summed E-state index contributed by atoms with van der Waals surface area (Å²) in [5, 5.41) is 4.77. The molecule has 0 saturated heterocycles. The van der Waals surface area contributed by atoms with E-state index in [2.05, 4.69) is 25.6 Å². The molecule has 2 aromatic heterocycles. The molecule has 0 unspecified atom stereocenters. The van der Waals surface area contributed by atoms with Gasteiger partial charge in [0.05, 0.1) is 29.8 Å². The number of rotatable bonds is 5. The number of aromatic nitrogens is 3. The highest BCUT2D eigenvalue weighted by Gasteiger charge is 2.32. The van der Waals surface area contributed by atoms with Crippen LogP contribution in [0.2, 0.25) is 0 Å². The summed E-state index contributed by atoms with van der Waals surface area (Å²) in [6, 6.07) is 10.5. The van der Waals surface area contributed by atoms with Gasteiger partial charge in [-0.25, -0.2) is 24.1 Å². The minimum Gasteiger partial charge on any atom is -0.424 e. The highest BCUT2D eigenvalue weighted by Crippen LogP contribution is 2.33. The molecule has 0 radical (unpaired) electrons. The van der Waals surface area contributed by atoms with Crippen molar-refractivity contribution >= 4 is 23.2 Å². The summed E-state index contributed by atoms with van der Waals surface area (Å²) in [7, 11) is 0. The summed E-state index contributed by atoms with van der Waals surface area (Å²) in [6.45, 7) is 1.33. The Bertz CT molecular complexity index is 1390. The number of amides is 2. The molecule has 4 rings (SSSR count).